The molecule has 0 bridgehead atoms. The molecule has 0 aliphatic carbocycles. The summed E-state index contributed by atoms with van der Waals surface area (Å²) in [6.45, 7) is 1.81. The van der Waals surface area contributed by atoms with E-state index in [0.717, 1.165) is 12.8 Å². The second-order valence-electron chi connectivity index (χ2n) is 2.78. The summed E-state index contributed by atoms with van der Waals surface area (Å²) in [5, 5.41) is 9.00. The fourth-order valence-corrected chi connectivity index (χ4v) is 0.950. The molecule has 0 saturated carbocycles. The quantitative estimate of drug-likeness (QED) is 0.694. The molecule has 0 aliphatic rings. The standard InChI is InChI=1S/C10H13O/c1-9(11)7-8-10-5-3-2-4-6-10/h2-5,9,11H,7-8H2,1H3. The van der Waals surface area contributed by atoms with E-state index in [0.29, 0.717) is 0 Å². The van der Waals surface area contributed by atoms with E-state index < -0.39 is 0 Å². The van der Waals surface area contributed by atoms with Crippen LogP contribution in [0.3, 0.4) is 0 Å². The van der Waals surface area contributed by atoms with Gasteiger partial charge in [0, 0.05) is 0 Å². The molecule has 0 saturated heterocycles. The molecule has 1 nitrogen and oxygen atoms in total. The SMILES string of the molecule is CC(O)CCc1[c]cccc1. The van der Waals surface area contributed by atoms with Crippen molar-refractivity contribution in [2.24, 2.45) is 0 Å². The molecule has 1 radical (unpaired) electrons. The second-order valence-corrected chi connectivity index (χ2v) is 2.78. The summed E-state index contributed by atoms with van der Waals surface area (Å²) in [5.74, 6) is 0. The smallest absolute Gasteiger partial charge is 0.0515 e. The van der Waals surface area contributed by atoms with E-state index >= 15 is 0 Å². The summed E-state index contributed by atoms with van der Waals surface area (Å²) in [5.41, 5.74) is 1.17. The zero-order valence-electron chi connectivity index (χ0n) is 6.75. The predicted molar refractivity (Wildman–Crippen MR) is 45.3 cm³/mol. The van der Waals surface area contributed by atoms with Crippen molar-refractivity contribution in [1.82, 2.24) is 0 Å². The van der Waals surface area contributed by atoms with Gasteiger partial charge in [-0.05, 0) is 31.4 Å². The van der Waals surface area contributed by atoms with Crippen LogP contribution in [0, 0.1) is 6.07 Å². The first-order valence-electron chi connectivity index (χ1n) is 3.92. The number of aliphatic hydroxyl groups excluding tert-OH is 1. The van der Waals surface area contributed by atoms with Crippen molar-refractivity contribution in [3.63, 3.8) is 0 Å². The molecule has 1 unspecified atom stereocenters. The van der Waals surface area contributed by atoms with Crippen molar-refractivity contribution >= 4 is 0 Å². The Morgan fingerprint density at radius 1 is 1.55 bits per heavy atom. The first kappa shape index (κ1) is 8.28. The summed E-state index contributed by atoms with van der Waals surface area (Å²) in [4.78, 5) is 0. The van der Waals surface area contributed by atoms with Crippen molar-refractivity contribution in [2.45, 2.75) is 25.9 Å². The van der Waals surface area contributed by atoms with Gasteiger partial charge in [-0.1, -0.05) is 24.3 Å². The number of aliphatic hydroxyl groups is 1. The third kappa shape index (κ3) is 3.19. The Morgan fingerprint density at radius 3 is 2.91 bits per heavy atom. The fourth-order valence-electron chi connectivity index (χ4n) is 0.950. The molecule has 1 rings (SSSR count). The van der Waals surface area contributed by atoms with Crippen molar-refractivity contribution in [1.29, 1.82) is 0 Å². The van der Waals surface area contributed by atoms with Gasteiger partial charge in [0.25, 0.3) is 0 Å². The maximum Gasteiger partial charge on any atom is 0.0515 e. The molecule has 0 fully saturated rings. The number of hydrogen-bond acceptors (Lipinski definition) is 1. The third-order valence-corrected chi connectivity index (χ3v) is 1.60. The Bertz CT molecular complexity index is 191. The van der Waals surface area contributed by atoms with E-state index in [-0.39, 0.29) is 6.10 Å². The van der Waals surface area contributed by atoms with Gasteiger partial charge in [-0.3, -0.25) is 0 Å². The molecule has 1 aromatic carbocycles. The van der Waals surface area contributed by atoms with Crippen LogP contribution in [0.5, 0.6) is 0 Å². The van der Waals surface area contributed by atoms with Gasteiger partial charge in [-0.25, -0.2) is 0 Å². The Kier molecular flexibility index (Phi) is 3.12. The Labute approximate surface area is 67.7 Å². The van der Waals surface area contributed by atoms with E-state index in [9.17, 15) is 0 Å². The minimum Gasteiger partial charge on any atom is -0.393 e. The van der Waals surface area contributed by atoms with Gasteiger partial charge in [-0.15, -0.1) is 0 Å². The summed E-state index contributed by atoms with van der Waals surface area (Å²) in [6, 6.07) is 11.0. The molecule has 1 atom stereocenters. The van der Waals surface area contributed by atoms with Crippen LogP contribution in [0.25, 0.3) is 0 Å². The van der Waals surface area contributed by atoms with Crippen LogP contribution in [-0.4, -0.2) is 11.2 Å². The van der Waals surface area contributed by atoms with Gasteiger partial charge in [0.05, 0.1) is 6.10 Å². The molecule has 0 aliphatic heterocycles. The zero-order chi connectivity index (χ0) is 8.10. The van der Waals surface area contributed by atoms with Gasteiger partial charge in [0.2, 0.25) is 0 Å². The van der Waals surface area contributed by atoms with Gasteiger partial charge in [0.1, 0.15) is 0 Å². The van der Waals surface area contributed by atoms with Gasteiger partial charge < -0.3 is 5.11 Å². The minimum atomic E-state index is -0.205. The highest BCUT2D eigenvalue weighted by Gasteiger charge is 1.96. The number of benzene rings is 1. The Morgan fingerprint density at radius 2 is 2.36 bits per heavy atom. The number of aryl methyl sites for hydroxylation is 1. The molecule has 0 amide bonds. The zero-order valence-corrected chi connectivity index (χ0v) is 6.75. The topological polar surface area (TPSA) is 20.2 Å². The first-order chi connectivity index (χ1) is 5.29. The van der Waals surface area contributed by atoms with Crippen LogP contribution in [0.2, 0.25) is 0 Å². The highest BCUT2D eigenvalue weighted by Crippen LogP contribution is 2.03. The molecule has 0 spiro atoms. The molecule has 1 N–H and O–H groups in total. The molecular formula is C10H13O. The molecule has 0 heterocycles. The molecule has 1 heteroatoms. The fraction of sp³-hybridized carbons (Fsp3) is 0.400. The highest BCUT2D eigenvalue weighted by molar-refractivity contribution is 5.12. The minimum absolute atomic E-state index is 0.205. The van der Waals surface area contributed by atoms with Crippen LogP contribution in [0.4, 0.5) is 0 Å². The monoisotopic (exact) mass is 149 g/mol. The van der Waals surface area contributed by atoms with Crippen LogP contribution in [0.15, 0.2) is 24.3 Å². The normalized spacial score (nSPS) is 12.9. The van der Waals surface area contributed by atoms with E-state index in [1.807, 2.05) is 31.2 Å². The highest BCUT2D eigenvalue weighted by atomic mass is 16.3. The Hall–Kier alpha value is -0.820. The summed E-state index contributed by atoms with van der Waals surface area (Å²) in [7, 11) is 0. The maximum absolute atomic E-state index is 9.00. The average Bonchev–Trinajstić information content (AvgIpc) is 2.03. The van der Waals surface area contributed by atoms with Gasteiger partial charge in [0.15, 0.2) is 0 Å². The van der Waals surface area contributed by atoms with Crippen LogP contribution in [0.1, 0.15) is 18.9 Å². The lowest BCUT2D eigenvalue weighted by Crippen LogP contribution is -2.00. The number of hydrogen-bond donors (Lipinski definition) is 1. The lowest BCUT2D eigenvalue weighted by molar-refractivity contribution is 0.185. The Balaban J connectivity index is 2.39. The van der Waals surface area contributed by atoms with E-state index in [1.165, 1.54) is 5.56 Å². The van der Waals surface area contributed by atoms with Crippen molar-refractivity contribution in [2.75, 3.05) is 0 Å². The van der Waals surface area contributed by atoms with E-state index in [2.05, 4.69) is 6.07 Å². The van der Waals surface area contributed by atoms with Crippen molar-refractivity contribution in [3.8, 4) is 0 Å². The van der Waals surface area contributed by atoms with Gasteiger partial charge >= 0.3 is 0 Å². The third-order valence-electron chi connectivity index (χ3n) is 1.60. The van der Waals surface area contributed by atoms with Gasteiger partial charge in [-0.2, -0.15) is 0 Å². The first-order valence-corrected chi connectivity index (χ1v) is 3.92. The summed E-state index contributed by atoms with van der Waals surface area (Å²) < 4.78 is 0. The predicted octanol–water partition coefficient (Wildman–Crippen LogP) is 1.80. The molecule has 1 aromatic rings. The number of rotatable bonds is 3. The molecule has 0 aromatic heterocycles. The summed E-state index contributed by atoms with van der Waals surface area (Å²) in [6.07, 6.45) is 1.53. The summed E-state index contributed by atoms with van der Waals surface area (Å²) >= 11 is 0. The van der Waals surface area contributed by atoms with E-state index in [4.69, 9.17) is 5.11 Å². The van der Waals surface area contributed by atoms with Crippen LogP contribution >= 0.6 is 0 Å². The second kappa shape index (κ2) is 4.14. The van der Waals surface area contributed by atoms with Crippen molar-refractivity contribution < 1.29 is 5.11 Å². The lowest BCUT2D eigenvalue weighted by Gasteiger charge is -2.02. The largest absolute Gasteiger partial charge is 0.393 e. The van der Waals surface area contributed by atoms with Crippen molar-refractivity contribution in [3.05, 3.63) is 35.9 Å². The maximum atomic E-state index is 9.00. The average molecular weight is 149 g/mol. The van der Waals surface area contributed by atoms with Crippen LogP contribution in [-0.2, 0) is 6.42 Å². The molecule has 11 heavy (non-hydrogen) atoms. The lowest BCUT2D eigenvalue weighted by atomic mass is 10.1. The molecular weight excluding hydrogens is 136 g/mol. The molecule has 59 valence electrons. The van der Waals surface area contributed by atoms with E-state index in [1.54, 1.807) is 0 Å². The van der Waals surface area contributed by atoms with Crippen LogP contribution < -0.4 is 0 Å².